The molecule has 1 saturated heterocycles. The Bertz CT molecular complexity index is 935. The van der Waals surface area contributed by atoms with Gasteiger partial charge in [-0.15, -0.1) is 5.10 Å². The van der Waals surface area contributed by atoms with E-state index in [1.165, 1.54) is 0 Å². The second-order valence-electron chi connectivity index (χ2n) is 7.22. The fraction of sp³-hybridized carbons (Fsp3) is 0.400. The van der Waals surface area contributed by atoms with E-state index in [1.807, 2.05) is 34.8 Å². The van der Waals surface area contributed by atoms with Crippen molar-refractivity contribution < 1.29 is 4.79 Å². The molecule has 0 radical (unpaired) electrons. The molecule has 3 aromatic rings. The number of fused-ring (bicyclic) bond motifs is 1. The molecule has 1 aliphatic heterocycles. The van der Waals surface area contributed by atoms with Crippen molar-refractivity contribution in [2.45, 2.75) is 33.2 Å². The highest BCUT2D eigenvalue weighted by Crippen LogP contribution is 2.26. The molecule has 2 aromatic heterocycles. The lowest BCUT2D eigenvalue weighted by molar-refractivity contribution is 0.0661. The van der Waals surface area contributed by atoms with Gasteiger partial charge < -0.3 is 4.90 Å². The average molecular weight is 349 g/mol. The first-order chi connectivity index (χ1) is 12.6. The van der Waals surface area contributed by atoms with E-state index < -0.39 is 0 Å². The minimum absolute atomic E-state index is 0.0834. The van der Waals surface area contributed by atoms with Crippen LogP contribution in [0.15, 0.2) is 36.8 Å². The number of hydrogen-bond donors (Lipinski definition) is 0. The average Bonchev–Trinajstić information content (AvgIpc) is 3.14. The van der Waals surface area contributed by atoms with Crippen molar-refractivity contribution in [1.82, 2.24) is 24.9 Å². The molecule has 4 rings (SSSR count). The van der Waals surface area contributed by atoms with E-state index in [9.17, 15) is 4.79 Å². The van der Waals surface area contributed by atoms with Gasteiger partial charge in [-0.1, -0.05) is 5.21 Å². The highest BCUT2D eigenvalue weighted by Gasteiger charge is 2.26. The van der Waals surface area contributed by atoms with Gasteiger partial charge in [-0.05, 0) is 61.9 Å². The van der Waals surface area contributed by atoms with Gasteiger partial charge in [-0.25, -0.2) is 0 Å². The molecule has 6 nitrogen and oxygen atoms in total. The number of aryl methyl sites for hydroxylation is 2. The molecule has 1 aromatic carbocycles. The highest BCUT2D eigenvalue weighted by molar-refractivity contribution is 6.06. The fourth-order valence-electron chi connectivity index (χ4n) is 3.86. The van der Waals surface area contributed by atoms with Crippen LogP contribution in [-0.4, -0.2) is 43.9 Å². The SMILES string of the molecule is Cc1cc(C(=O)N2CCCC(Cn3ccnn3)C2)c2nccc(C)c2c1. The van der Waals surface area contributed by atoms with Gasteiger partial charge in [0.05, 0.1) is 17.3 Å². The Labute approximate surface area is 152 Å². The van der Waals surface area contributed by atoms with Gasteiger partial charge in [-0.3, -0.25) is 14.5 Å². The third-order valence-corrected chi connectivity index (χ3v) is 5.16. The van der Waals surface area contributed by atoms with Crippen LogP contribution in [0.4, 0.5) is 0 Å². The third kappa shape index (κ3) is 3.19. The largest absolute Gasteiger partial charge is 0.338 e. The summed E-state index contributed by atoms with van der Waals surface area (Å²) in [6.07, 6.45) is 7.48. The lowest BCUT2D eigenvalue weighted by Crippen LogP contribution is -2.41. The Morgan fingerprint density at radius 2 is 2.15 bits per heavy atom. The molecule has 26 heavy (non-hydrogen) atoms. The summed E-state index contributed by atoms with van der Waals surface area (Å²) in [7, 11) is 0. The highest BCUT2D eigenvalue weighted by atomic mass is 16.2. The predicted molar refractivity (Wildman–Crippen MR) is 99.9 cm³/mol. The molecular weight excluding hydrogens is 326 g/mol. The normalized spacial score (nSPS) is 17.6. The van der Waals surface area contributed by atoms with Crippen LogP contribution in [0.3, 0.4) is 0 Å². The molecule has 0 N–H and O–H groups in total. The van der Waals surface area contributed by atoms with Crippen molar-refractivity contribution in [3.8, 4) is 0 Å². The van der Waals surface area contributed by atoms with Gasteiger partial charge in [-0.2, -0.15) is 0 Å². The van der Waals surface area contributed by atoms with Gasteiger partial charge in [0.1, 0.15) is 0 Å². The number of hydrogen-bond acceptors (Lipinski definition) is 4. The molecule has 0 bridgehead atoms. The van der Waals surface area contributed by atoms with E-state index >= 15 is 0 Å². The van der Waals surface area contributed by atoms with E-state index in [-0.39, 0.29) is 5.91 Å². The Balaban J connectivity index is 1.61. The number of rotatable bonds is 3. The molecular formula is C20H23N5O. The van der Waals surface area contributed by atoms with E-state index in [1.54, 1.807) is 12.4 Å². The van der Waals surface area contributed by atoms with Crippen LogP contribution in [0.1, 0.15) is 34.3 Å². The van der Waals surface area contributed by atoms with Crippen molar-refractivity contribution in [2.75, 3.05) is 13.1 Å². The van der Waals surface area contributed by atoms with Crippen LogP contribution in [0.25, 0.3) is 10.9 Å². The number of likely N-dealkylation sites (tertiary alicyclic amines) is 1. The number of piperidine rings is 1. The van der Waals surface area contributed by atoms with Crippen molar-refractivity contribution in [1.29, 1.82) is 0 Å². The van der Waals surface area contributed by atoms with Crippen molar-refractivity contribution in [2.24, 2.45) is 5.92 Å². The van der Waals surface area contributed by atoms with Crippen LogP contribution in [-0.2, 0) is 6.54 Å². The second-order valence-corrected chi connectivity index (χ2v) is 7.22. The number of nitrogens with zero attached hydrogens (tertiary/aromatic N) is 5. The summed E-state index contributed by atoms with van der Waals surface area (Å²) in [5, 5.41) is 8.98. The lowest BCUT2D eigenvalue weighted by atomic mass is 9.96. The van der Waals surface area contributed by atoms with Crippen LogP contribution in [0.5, 0.6) is 0 Å². The predicted octanol–water partition coefficient (Wildman–Crippen LogP) is 3.00. The summed E-state index contributed by atoms with van der Waals surface area (Å²) in [6.45, 7) is 6.45. The van der Waals surface area contributed by atoms with Gasteiger partial charge in [0.25, 0.3) is 5.91 Å². The Hall–Kier alpha value is -2.76. The van der Waals surface area contributed by atoms with Crippen LogP contribution < -0.4 is 0 Å². The summed E-state index contributed by atoms with van der Waals surface area (Å²) in [4.78, 5) is 19.8. The monoisotopic (exact) mass is 349 g/mol. The van der Waals surface area contributed by atoms with E-state index in [0.717, 1.165) is 54.5 Å². The zero-order valence-electron chi connectivity index (χ0n) is 15.2. The molecule has 1 fully saturated rings. The number of pyridine rings is 1. The molecule has 1 unspecified atom stereocenters. The molecule has 0 aliphatic carbocycles. The topological polar surface area (TPSA) is 63.9 Å². The Morgan fingerprint density at radius 1 is 1.27 bits per heavy atom. The zero-order chi connectivity index (χ0) is 18.1. The standard InChI is InChI=1S/C20H23N5O/c1-14-10-17-15(2)5-6-21-19(17)18(11-14)20(26)24-8-3-4-16(12-24)13-25-9-7-22-23-25/h5-7,9-11,16H,3-4,8,12-13H2,1-2H3. The number of amides is 1. The van der Waals surface area contributed by atoms with E-state index in [0.29, 0.717) is 11.5 Å². The Morgan fingerprint density at radius 3 is 2.96 bits per heavy atom. The molecule has 1 aliphatic rings. The fourth-order valence-corrected chi connectivity index (χ4v) is 3.86. The first-order valence-corrected chi connectivity index (χ1v) is 9.11. The van der Waals surface area contributed by atoms with Crippen molar-refractivity contribution in [3.05, 3.63) is 53.5 Å². The number of carbonyl (C=O) groups excluding carboxylic acids is 1. The maximum absolute atomic E-state index is 13.3. The summed E-state index contributed by atoms with van der Waals surface area (Å²) in [5.41, 5.74) is 3.76. The van der Waals surface area contributed by atoms with Gasteiger partial charge >= 0.3 is 0 Å². The van der Waals surface area contributed by atoms with Gasteiger partial charge in [0, 0.05) is 37.4 Å². The van der Waals surface area contributed by atoms with Crippen molar-refractivity contribution >= 4 is 16.8 Å². The summed E-state index contributed by atoms with van der Waals surface area (Å²) in [6, 6.07) is 6.07. The van der Waals surface area contributed by atoms with Gasteiger partial charge in [0.2, 0.25) is 0 Å². The Kier molecular flexibility index (Phi) is 4.41. The quantitative estimate of drug-likeness (QED) is 0.729. The second kappa shape index (κ2) is 6.86. The maximum atomic E-state index is 13.3. The minimum Gasteiger partial charge on any atom is -0.338 e. The number of carbonyl (C=O) groups is 1. The first kappa shape index (κ1) is 16.7. The minimum atomic E-state index is 0.0834. The smallest absolute Gasteiger partial charge is 0.256 e. The lowest BCUT2D eigenvalue weighted by Gasteiger charge is -2.33. The number of aromatic nitrogens is 4. The summed E-state index contributed by atoms with van der Waals surface area (Å²) >= 11 is 0. The molecule has 0 saturated carbocycles. The van der Waals surface area contributed by atoms with Crippen molar-refractivity contribution in [3.63, 3.8) is 0 Å². The molecule has 134 valence electrons. The zero-order valence-corrected chi connectivity index (χ0v) is 15.2. The molecule has 3 heterocycles. The maximum Gasteiger partial charge on any atom is 0.256 e. The summed E-state index contributed by atoms with van der Waals surface area (Å²) in [5.74, 6) is 0.486. The van der Waals surface area contributed by atoms with Crippen LogP contribution in [0.2, 0.25) is 0 Å². The summed E-state index contributed by atoms with van der Waals surface area (Å²) < 4.78 is 1.85. The third-order valence-electron chi connectivity index (χ3n) is 5.16. The van der Waals surface area contributed by atoms with E-state index in [4.69, 9.17) is 0 Å². The molecule has 1 atom stereocenters. The first-order valence-electron chi connectivity index (χ1n) is 9.11. The number of benzene rings is 1. The molecule has 1 amide bonds. The van der Waals surface area contributed by atoms with Crippen LogP contribution in [0, 0.1) is 19.8 Å². The molecule has 0 spiro atoms. The van der Waals surface area contributed by atoms with Crippen LogP contribution >= 0.6 is 0 Å². The van der Waals surface area contributed by atoms with Gasteiger partial charge in [0.15, 0.2) is 0 Å². The molecule has 6 heteroatoms. The van der Waals surface area contributed by atoms with E-state index in [2.05, 4.69) is 28.3 Å².